The first kappa shape index (κ1) is 34.6. The number of anilines is 3. The number of rotatable bonds is 7. The van der Waals surface area contributed by atoms with E-state index in [1.54, 1.807) is 18.7 Å². The van der Waals surface area contributed by atoms with E-state index in [0.29, 0.717) is 54.5 Å². The van der Waals surface area contributed by atoms with Gasteiger partial charge in [0.15, 0.2) is 11.3 Å². The van der Waals surface area contributed by atoms with Crippen molar-refractivity contribution in [1.82, 2.24) is 50.5 Å². The fraction of sp³-hybridized carbons (Fsp3) is 0.433. The maximum Gasteiger partial charge on any atom is 0.416 e. The van der Waals surface area contributed by atoms with Crippen LogP contribution in [0.5, 0.6) is 0 Å². The summed E-state index contributed by atoms with van der Waals surface area (Å²) in [5.41, 5.74) is -2.01. The van der Waals surface area contributed by atoms with E-state index in [1.165, 1.54) is 24.1 Å². The minimum atomic E-state index is -4.96. The molecule has 50 heavy (non-hydrogen) atoms. The molecule has 0 radical (unpaired) electrons. The number of nitrogens with one attached hydrogen (secondary N) is 6. The first-order chi connectivity index (χ1) is 23.9. The number of alkyl halides is 6. The normalized spacial score (nSPS) is 18.4. The number of carbonyl (C=O) groups is 1. The van der Waals surface area contributed by atoms with Crippen LogP contribution in [0.3, 0.4) is 0 Å². The van der Waals surface area contributed by atoms with Gasteiger partial charge in [-0.05, 0) is 50.4 Å². The van der Waals surface area contributed by atoms with Gasteiger partial charge < -0.3 is 26.2 Å². The van der Waals surface area contributed by atoms with Crippen LogP contribution in [0.25, 0.3) is 22.1 Å². The lowest BCUT2D eigenvalue weighted by Gasteiger charge is -2.33. The van der Waals surface area contributed by atoms with E-state index < -0.39 is 41.6 Å². The molecule has 6 N–H and O–H groups in total. The summed E-state index contributed by atoms with van der Waals surface area (Å²) in [6.07, 6.45) is 0.0959. The van der Waals surface area contributed by atoms with Crippen LogP contribution < -0.4 is 21.3 Å². The minimum Gasteiger partial charge on any atom is -0.376 e. The highest BCUT2D eigenvalue weighted by molar-refractivity contribution is 5.86. The molecule has 4 aromatic heterocycles. The smallest absolute Gasteiger partial charge is 0.376 e. The molecule has 0 bridgehead atoms. The molecule has 0 spiro atoms. The van der Waals surface area contributed by atoms with Gasteiger partial charge in [0.2, 0.25) is 5.91 Å². The Balaban J connectivity index is 0.000000223. The number of aromatic amines is 2. The Hall–Kier alpha value is -5.27. The number of likely N-dealkylation sites (tertiary alicyclic amines) is 1. The first-order valence-corrected chi connectivity index (χ1v) is 15.8. The minimum absolute atomic E-state index is 0.0397. The highest BCUT2D eigenvalue weighted by Crippen LogP contribution is 2.37. The van der Waals surface area contributed by atoms with E-state index in [-0.39, 0.29) is 12.1 Å². The fourth-order valence-corrected chi connectivity index (χ4v) is 5.79. The zero-order chi connectivity index (χ0) is 35.3. The van der Waals surface area contributed by atoms with E-state index >= 15 is 0 Å². The van der Waals surface area contributed by atoms with Gasteiger partial charge in [-0.3, -0.25) is 15.0 Å². The number of piperidine rings is 2. The molecule has 2 atom stereocenters. The third-order valence-electron chi connectivity index (χ3n) is 8.28. The molecule has 1 amide bonds. The van der Waals surface area contributed by atoms with Crippen molar-refractivity contribution in [2.75, 3.05) is 48.7 Å². The number of nitrogens with zero attached hydrogens (tertiary/aromatic N) is 7. The molecular formula is C30H33F6N13O. The van der Waals surface area contributed by atoms with Gasteiger partial charge in [0.05, 0.1) is 40.8 Å². The van der Waals surface area contributed by atoms with Crippen LogP contribution in [0.4, 0.5) is 43.7 Å². The molecule has 0 unspecified atom stereocenters. The molecule has 6 heterocycles. The maximum absolute atomic E-state index is 13.0. The summed E-state index contributed by atoms with van der Waals surface area (Å²) in [6, 6.07) is 1.43. The summed E-state index contributed by atoms with van der Waals surface area (Å²) < 4.78 is 78.2. The summed E-state index contributed by atoms with van der Waals surface area (Å²) in [6.45, 7) is 2.36. The Bertz CT molecular complexity index is 1870. The van der Waals surface area contributed by atoms with Crippen molar-refractivity contribution in [3.05, 3.63) is 54.4 Å². The highest BCUT2D eigenvalue weighted by Gasteiger charge is 2.37. The van der Waals surface area contributed by atoms with Crippen molar-refractivity contribution >= 4 is 45.3 Å². The average molecular weight is 706 g/mol. The number of halogens is 6. The third kappa shape index (κ3) is 8.47. The largest absolute Gasteiger partial charge is 0.416 e. The molecule has 266 valence electrons. The number of hydrogen-bond donors (Lipinski definition) is 6. The van der Waals surface area contributed by atoms with Crippen molar-refractivity contribution in [1.29, 1.82) is 0 Å². The van der Waals surface area contributed by atoms with Crippen molar-refractivity contribution < 1.29 is 31.1 Å². The lowest BCUT2D eigenvalue weighted by molar-refractivity contribution is -0.143. The van der Waals surface area contributed by atoms with Crippen LogP contribution in [0.2, 0.25) is 0 Å². The molecule has 20 heteroatoms. The van der Waals surface area contributed by atoms with Gasteiger partial charge in [0.1, 0.15) is 24.3 Å². The monoisotopic (exact) mass is 705 g/mol. The molecule has 2 aliphatic rings. The van der Waals surface area contributed by atoms with Crippen molar-refractivity contribution in [3.63, 3.8) is 0 Å². The summed E-state index contributed by atoms with van der Waals surface area (Å²) in [5, 5.41) is 27.5. The summed E-state index contributed by atoms with van der Waals surface area (Å²) in [5.74, 6) is 0.959. The van der Waals surface area contributed by atoms with Gasteiger partial charge in [-0.25, -0.2) is 19.9 Å². The first-order valence-electron chi connectivity index (χ1n) is 15.8. The molecule has 1 aromatic carbocycles. The van der Waals surface area contributed by atoms with Gasteiger partial charge in [0.25, 0.3) is 0 Å². The summed E-state index contributed by atoms with van der Waals surface area (Å²) in [4.78, 5) is 30.8. The highest BCUT2D eigenvalue weighted by atomic mass is 19.4. The van der Waals surface area contributed by atoms with E-state index in [2.05, 4.69) is 61.6 Å². The molecule has 7 rings (SSSR count). The van der Waals surface area contributed by atoms with Crippen molar-refractivity contribution in [2.24, 2.45) is 0 Å². The van der Waals surface area contributed by atoms with E-state index in [1.807, 2.05) is 0 Å². The second kappa shape index (κ2) is 14.7. The second-order valence-electron chi connectivity index (χ2n) is 11.9. The van der Waals surface area contributed by atoms with Gasteiger partial charge in [-0.15, -0.1) is 0 Å². The summed E-state index contributed by atoms with van der Waals surface area (Å²) in [7, 11) is 0. The number of carbonyl (C=O) groups excluding carboxylic acids is 1. The Morgan fingerprint density at radius 2 is 1.38 bits per heavy atom. The van der Waals surface area contributed by atoms with E-state index in [0.717, 1.165) is 36.4 Å². The van der Waals surface area contributed by atoms with Crippen LogP contribution >= 0.6 is 0 Å². The third-order valence-corrected chi connectivity index (χ3v) is 8.28. The molecular weight excluding hydrogens is 672 g/mol. The van der Waals surface area contributed by atoms with E-state index in [9.17, 15) is 31.1 Å². The van der Waals surface area contributed by atoms with Gasteiger partial charge in [-0.1, -0.05) is 0 Å². The van der Waals surface area contributed by atoms with Crippen LogP contribution in [-0.2, 0) is 17.1 Å². The fourth-order valence-electron chi connectivity index (χ4n) is 5.79. The molecule has 2 fully saturated rings. The number of fused-ring (bicyclic) bond motifs is 2. The van der Waals surface area contributed by atoms with Crippen LogP contribution in [0, 0.1) is 0 Å². The topological polar surface area (TPSA) is 177 Å². The zero-order valence-corrected chi connectivity index (χ0v) is 26.4. The van der Waals surface area contributed by atoms with Crippen molar-refractivity contribution in [3.8, 4) is 0 Å². The number of benzene rings is 1. The van der Waals surface area contributed by atoms with Crippen LogP contribution in [-0.4, -0.2) is 95.9 Å². The van der Waals surface area contributed by atoms with Crippen LogP contribution in [0.1, 0.15) is 36.8 Å². The van der Waals surface area contributed by atoms with Crippen molar-refractivity contribution in [2.45, 2.75) is 50.1 Å². The Morgan fingerprint density at radius 1 is 0.800 bits per heavy atom. The number of aromatic nitrogens is 8. The van der Waals surface area contributed by atoms with Gasteiger partial charge in [-0.2, -0.15) is 36.5 Å². The lowest BCUT2D eigenvalue weighted by atomic mass is 10.1. The number of hydrogen-bond acceptors (Lipinski definition) is 11. The predicted octanol–water partition coefficient (Wildman–Crippen LogP) is 4.42. The van der Waals surface area contributed by atoms with Crippen LogP contribution in [0.15, 0.2) is 43.2 Å². The Morgan fingerprint density at radius 3 is 1.94 bits per heavy atom. The average Bonchev–Trinajstić information content (AvgIpc) is 3.79. The molecule has 0 aliphatic carbocycles. The standard InChI is InChI=1S/C20H19F6N7O.C10H14N6/c21-19(22,23)11-4-12(20(24,25)26)6-14(5-11)27-8-16(34)33-3-1-2-13(9-33)31-17-15-7-30-32-18(15)29-10-28-17;1-2-7(4-11-3-1)15-9-8-5-14-16-10(8)13-6-12-9/h4-7,10,13,27H,1-3,8-9H2,(H2,28,29,30,31,32);5-7,11H,1-4H2,(H2,12,13,14,15,16)/t13-;7-/m00/s1. The Labute approximate surface area is 280 Å². The number of H-pyrrole nitrogens is 2. The van der Waals surface area contributed by atoms with E-state index in [4.69, 9.17) is 0 Å². The zero-order valence-electron chi connectivity index (χ0n) is 26.4. The summed E-state index contributed by atoms with van der Waals surface area (Å²) >= 11 is 0. The molecule has 2 aliphatic heterocycles. The molecule has 5 aromatic rings. The Kier molecular flexibility index (Phi) is 10.2. The quantitative estimate of drug-likeness (QED) is 0.132. The number of amides is 1. The maximum atomic E-state index is 13.0. The predicted molar refractivity (Wildman–Crippen MR) is 171 cm³/mol. The molecule has 14 nitrogen and oxygen atoms in total. The second-order valence-corrected chi connectivity index (χ2v) is 11.9. The molecule has 2 saturated heterocycles. The SMILES string of the molecule is O=C(CNc1cc(C(F)(F)F)cc(C(F)(F)F)c1)N1CCC[C@H](Nc2ncnc3[nH]ncc23)C1.c1nc(N[C@H]2CCCNC2)c2cn[nH]c2n1. The van der Waals surface area contributed by atoms with Gasteiger partial charge >= 0.3 is 12.4 Å². The van der Waals surface area contributed by atoms with Gasteiger partial charge in [0, 0.05) is 37.4 Å². The molecule has 0 saturated carbocycles. The lowest BCUT2D eigenvalue weighted by Crippen LogP contribution is -2.47.